The van der Waals surface area contributed by atoms with Crippen molar-refractivity contribution < 1.29 is 4.79 Å². The summed E-state index contributed by atoms with van der Waals surface area (Å²) < 4.78 is 1.95. The molecule has 0 spiro atoms. The first-order valence-electron chi connectivity index (χ1n) is 9.28. The lowest BCUT2D eigenvalue weighted by Crippen LogP contribution is -2.41. The van der Waals surface area contributed by atoms with Gasteiger partial charge in [-0.3, -0.25) is 5.32 Å². The van der Waals surface area contributed by atoms with Gasteiger partial charge in [-0.15, -0.1) is 0 Å². The van der Waals surface area contributed by atoms with Crippen LogP contribution in [0.3, 0.4) is 0 Å². The standard InChI is InChI=1S/C20H26N4O/c1-14-3-4-15(2)18(13-14)16-8-11-23(12-9-16)20(25)22-19-7-10-21-24(19)17-5-6-17/h3-4,7,10,13,16-17H,5-6,8-9,11-12H2,1-2H3,(H,22,25). The zero-order chi connectivity index (χ0) is 17.4. The highest BCUT2D eigenvalue weighted by Crippen LogP contribution is 2.36. The molecule has 2 aliphatic rings. The normalized spacial score (nSPS) is 18.4. The summed E-state index contributed by atoms with van der Waals surface area (Å²) in [4.78, 5) is 14.5. The van der Waals surface area contributed by atoms with E-state index in [1.54, 1.807) is 6.20 Å². The topological polar surface area (TPSA) is 50.2 Å². The summed E-state index contributed by atoms with van der Waals surface area (Å²) in [6.07, 6.45) is 6.14. The van der Waals surface area contributed by atoms with Gasteiger partial charge < -0.3 is 4.90 Å². The molecule has 4 rings (SSSR count). The maximum Gasteiger partial charge on any atom is 0.322 e. The molecule has 0 radical (unpaired) electrons. The quantitative estimate of drug-likeness (QED) is 0.910. The van der Waals surface area contributed by atoms with Gasteiger partial charge in [-0.1, -0.05) is 23.8 Å². The fourth-order valence-corrected chi connectivity index (χ4v) is 3.81. The first-order valence-corrected chi connectivity index (χ1v) is 9.28. The van der Waals surface area contributed by atoms with Crippen molar-refractivity contribution in [1.82, 2.24) is 14.7 Å². The second-order valence-electron chi connectivity index (χ2n) is 7.44. The van der Waals surface area contributed by atoms with Crippen molar-refractivity contribution in [2.45, 2.75) is 51.5 Å². The van der Waals surface area contributed by atoms with Crippen molar-refractivity contribution in [2.75, 3.05) is 18.4 Å². The summed E-state index contributed by atoms with van der Waals surface area (Å²) in [5.41, 5.74) is 4.13. The van der Waals surface area contributed by atoms with Crippen molar-refractivity contribution in [3.05, 3.63) is 47.2 Å². The second kappa shape index (κ2) is 6.54. The highest BCUT2D eigenvalue weighted by atomic mass is 16.2. The fraction of sp³-hybridized carbons (Fsp3) is 0.500. The molecular formula is C20H26N4O. The third kappa shape index (κ3) is 3.41. The number of aryl methyl sites for hydroxylation is 2. The molecule has 2 fully saturated rings. The number of hydrogen-bond donors (Lipinski definition) is 1. The number of urea groups is 1. The lowest BCUT2D eigenvalue weighted by Gasteiger charge is -2.33. The van der Waals surface area contributed by atoms with Crippen LogP contribution in [0, 0.1) is 13.8 Å². The van der Waals surface area contributed by atoms with Crippen LogP contribution in [-0.2, 0) is 0 Å². The van der Waals surface area contributed by atoms with Gasteiger partial charge in [0.1, 0.15) is 5.82 Å². The van der Waals surface area contributed by atoms with Crippen LogP contribution in [0.15, 0.2) is 30.5 Å². The lowest BCUT2D eigenvalue weighted by atomic mass is 9.86. The first kappa shape index (κ1) is 16.2. The highest BCUT2D eigenvalue weighted by molar-refractivity contribution is 5.88. The molecule has 2 heterocycles. The molecule has 1 aromatic carbocycles. The Balaban J connectivity index is 1.37. The molecule has 132 valence electrons. The number of nitrogens with zero attached hydrogens (tertiary/aromatic N) is 3. The monoisotopic (exact) mass is 338 g/mol. The minimum absolute atomic E-state index is 0.00168. The first-order chi connectivity index (χ1) is 12.1. The average molecular weight is 338 g/mol. The van der Waals surface area contributed by atoms with Gasteiger partial charge in [0, 0.05) is 19.2 Å². The Morgan fingerprint density at radius 1 is 1.12 bits per heavy atom. The number of carbonyl (C=O) groups excluding carboxylic acids is 1. The Hall–Kier alpha value is -2.30. The smallest absolute Gasteiger partial charge is 0.322 e. The number of anilines is 1. The molecule has 1 aliphatic carbocycles. The number of benzene rings is 1. The number of likely N-dealkylation sites (tertiary alicyclic amines) is 1. The molecule has 1 aromatic heterocycles. The van der Waals surface area contributed by atoms with Crippen LogP contribution in [0.5, 0.6) is 0 Å². The maximum atomic E-state index is 12.6. The lowest BCUT2D eigenvalue weighted by molar-refractivity contribution is 0.194. The maximum absolute atomic E-state index is 12.6. The minimum Gasteiger partial charge on any atom is -0.324 e. The number of hydrogen-bond acceptors (Lipinski definition) is 2. The molecule has 0 atom stereocenters. The summed E-state index contributed by atoms with van der Waals surface area (Å²) in [7, 11) is 0. The van der Waals surface area contributed by atoms with E-state index >= 15 is 0 Å². The number of carbonyl (C=O) groups is 1. The van der Waals surface area contributed by atoms with Crippen molar-refractivity contribution >= 4 is 11.8 Å². The van der Waals surface area contributed by atoms with Gasteiger partial charge in [0.05, 0.1) is 12.2 Å². The van der Waals surface area contributed by atoms with Crippen LogP contribution in [0.2, 0.25) is 0 Å². The van der Waals surface area contributed by atoms with E-state index in [4.69, 9.17) is 0 Å². The number of aromatic nitrogens is 2. The van der Waals surface area contributed by atoms with Gasteiger partial charge in [-0.05, 0) is 56.6 Å². The van der Waals surface area contributed by atoms with Gasteiger partial charge in [0.2, 0.25) is 0 Å². The molecule has 1 aliphatic heterocycles. The van der Waals surface area contributed by atoms with E-state index in [-0.39, 0.29) is 6.03 Å². The Bertz CT molecular complexity index is 770. The molecule has 5 heteroatoms. The molecule has 2 aromatic rings. The molecule has 1 saturated heterocycles. The van der Waals surface area contributed by atoms with Gasteiger partial charge >= 0.3 is 6.03 Å². The Morgan fingerprint density at radius 3 is 2.60 bits per heavy atom. The van der Waals surface area contributed by atoms with E-state index in [2.05, 4.69) is 42.5 Å². The molecule has 1 N–H and O–H groups in total. The SMILES string of the molecule is Cc1ccc(C)c(C2CCN(C(=O)Nc3ccnn3C3CC3)CC2)c1. The van der Waals surface area contributed by atoms with Crippen molar-refractivity contribution in [1.29, 1.82) is 0 Å². The zero-order valence-corrected chi connectivity index (χ0v) is 15.0. The van der Waals surface area contributed by atoms with Crippen LogP contribution in [-0.4, -0.2) is 33.8 Å². The summed E-state index contributed by atoms with van der Waals surface area (Å²) >= 11 is 0. The van der Waals surface area contributed by atoms with Gasteiger partial charge in [-0.25, -0.2) is 9.48 Å². The molecular weight excluding hydrogens is 312 g/mol. The fourth-order valence-electron chi connectivity index (χ4n) is 3.81. The van der Waals surface area contributed by atoms with Gasteiger partial charge in [0.25, 0.3) is 0 Å². The predicted molar refractivity (Wildman–Crippen MR) is 99.0 cm³/mol. The minimum atomic E-state index is 0.00168. The molecule has 5 nitrogen and oxygen atoms in total. The molecule has 0 unspecified atom stereocenters. The molecule has 25 heavy (non-hydrogen) atoms. The Morgan fingerprint density at radius 2 is 1.88 bits per heavy atom. The third-order valence-corrected chi connectivity index (χ3v) is 5.45. The molecule has 0 bridgehead atoms. The van der Waals surface area contributed by atoms with Crippen molar-refractivity contribution in [2.24, 2.45) is 0 Å². The van der Waals surface area contributed by atoms with Gasteiger partial charge in [-0.2, -0.15) is 5.10 Å². The van der Waals surface area contributed by atoms with E-state index in [9.17, 15) is 4.79 Å². The molecule has 1 saturated carbocycles. The average Bonchev–Trinajstić information content (AvgIpc) is 3.36. The van der Waals surface area contributed by atoms with Crippen LogP contribution in [0.25, 0.3) is 0 Å². The summed E-state index contributed by atoms with van der Waals surface area (Å²) in [6.45, 7) is 5.95. The number of amides is 2. The zero-order valence-electron chi connectivity index (χ0n) is 15.0. The summed E-state index contributed by atoms with van der Waals surface area (Å²) in [5, 5.41) is 7.37. The molecule has 2 amide bonds. The van der Waals surface area contributed by atoms with E-state index in [0.29, 0.717) is 12.0 Å². The summed E-state index contributed by atoms with van der Waals surface area (Å²) in [6, 6.07) is 9.05. The van der Waals surface area contributed by atoms with Crippen LogP contribution < -0.4 is 5.32 Å². The predicted octanol–water partition coefficient (Wildman–Crippen LogP) is 4.25. The van der Waals surface area contributed by atoms with Crippen LogP contribution in [0.4, 0.5) is 10.6 Å². The number of rotatable bonds is 3. The highest BCUT2D eigenvalue weighted by Gasteiger charge is 2.28. The van der Waals surface area contributed by atoms with Crippen LogP contribution in [0.1, 0.15) is 54.3 Å². The van der Waals surface area contributed by atoms with E-state index < -0.39 is 0 Å². The second-order valence-corrected chi connectivity index (χ2v) is 7.44. The summed E-state index contributed by atoms with van der Waals surface area (Å²) in [5.74, 6) is 1.38. The van der Waals surface area contributed by atoms with E-state index in [1.807, 2.05) is 15.6 Å². The van der Waals surface area contributed by atoms with E-state index in [0.717, 1.165) is 44.6 Å². The van der Waals surface area contributed by atoms with Crippen molar-refractivity contribution in [3.63, 3.8) is 0 Å². The Labute approximate surface area is 149 Å². The third-order valence-electron chi connectivity index (χ3n) is 5.45. The van der Waals surface area contributed by atoms with Gasteiger partial charge in [0.15, 0.2) is 0 Å². The van der Waals surface area contributed by atoms with Crippen LogP contribution >= 0.6 is 0 Å². The van der Waals surface area contributed by atoms with E-state index in [1.165, 1.54) is 16.7 Å². The van der Waals surface area contributed by atoms with Crippen molar-refractivity contribution in [3.8, 4) is 0 Å². The number of piperidine rings is 1. The largest absolute Gasteiger partial charge is 0.324 e. The Kier molecular flexibility index (Phi) is 4.24. The number of nitrogens with one attached hydrogen (secondary N) is 1.